The standard InChI is InChI=1S/C10H17N5O2/c11-9-8(12-14-13-9)10(17)15-5-2-1-3-7(15)4-6-16/h7,16H,1-6H2,(H3,11,12,13,14). The molecule has 1 aromatic heterocycles. The van der Waals surface area contributed by atoms with Gasteiger partial charge in [-0.2, -0.15) is 5.21 Å². The Balaban J connectivity index is 2.14. The Kier molecular flexibility index (Phi) is 3.58. The third-order valence-electron chi connectivity index (χ3n) is 3.13. The summed E-state index contributed by atoms with van der Waals surface area (Å²) in [7, 11) is 0. The van der Waals surface area contributed by atoms with Crippen LogP contribution in [0.2, 0.25) is 0 Å². The lowest BCUT2D eigenvalue weighted by molar-refractivity contribution is 0.0569. The van der Waals surface area contributed by atoms with Gasteiger partial charge in [0, 0.05) is 19.2 Å². The minimum absolute atomic E-state index is 0.0809. The number of aliphatic hydroxyl groups is 1. The smallest absolute Gasteiger partial charge is 0.278 e. The number of aromatic amines is 1. The molecule has 4 N–H and O–H groups in total. The van der Waals surface area contributed by atoms with E-state index in [0.29, 0.717) is 13.0 Å². The Morgan fingerprint density at radius 3 is 3.00 bits per heavy atom. The molecule has 1 saturated heterocycles. The second kappa shape index (κ2) is 5.13. The molecule has 1 aromatic rings. The largest absolute Gasteiger partial charge is 0.396 e. The van der Waals surface area contributed by atoms with Crippen LogP contribution in [0.1, 0.15) is 36.2 Å². The van der Waals surface area contributed by atoms with Gasteiger partial charge in [0.2, 0.25) is 0 Å². The number of rotatable bonds is 3. The van der Waals surface area contributed by atoms with E-state index in [4.69, 9.17) is 10.8 Å². The summed E-state index contributed by atoms with van der Waals surface area (Å²) < 4.78 is 0. The van der Waals surface area contributed by atoms with E-state index >= 15 is 0 Å². The van der Waals surface area contributed by atoms with Gasteiger partial charge >= 0.3 is 0 Å². The molecule has 0 radical (unpaired) electrons. The van der Waals surface area contributed by atoms with E-state index in [0.717, 1.165) is 19.3 Å². The van der Waals surface area contributed by atoms with Crippen molar-refractivity contribution in [2.75, 3.05) is 18.9 Å². The zero-order valence-electron chi connectivity index (χ0n) is 9.59. The summed E-state index contributed by atoms with van der Waals surface area (Å²) in [5.74, 6) is -0.0716. The molecule has 2 rings (SSSR count). The molecule has 0 aliphatic carbocycles. The average molecular weight is 239 g/mol. The summed E-state index contributed by atoms with van der Waals surface area (Å²) in [4.78, 5) is 14.0. The van der Waals surface area contributed by atoms with Crippen molar-refractivity contribution in [3.05, 3.63) is 5.69 Å². The molecule has 1 unspecified atom stereocenters. The first-order valence-electron chi connectivity index (χ1n) is 5.82. The number of aromatic nitrogens is 3. The Morgan fingerprint density at radius 2 is 2.35 bits per heavy atom. The van der Waals surface area contributed by atoms with Crippen molar-refractivity contribution in [1.82, 2.24) is 20.3 Å². The number of nitrogens with two attached hydrogens (primary N) is 1. The van der Waals surface area contributed by atoms with Gasteiger partial charge in [0.15, 0.2) is 11.5 Å². The molecule has 1 aliphatic rings. The van der Waals surface area contributed by atoms with Crippen LogP contribution in [-0.4, -0.2) is 50.5 Å². The number of nitrogens with one attached hydrogen (secondary N) is 1. The van der Waals surface area contributed by atoms with Crippen LogP contribution in [0, 0.1) is 0 Å². The number of carbonyl (C=O) groups excluding carboxylic acids is 1. The van der Waals surface area contributed by atoms with E-state index in [1.807, 2.05) is 0 Å². The van der Waals surface area contributed by atoms with Gasteiger partial charge in [0.1, 0.15) is 0 Å². The molecular weight excluding hydrogens is 222 g/mol. The number of anilines is 1. The quantitative estimate of drug-likeness (QED) is 0.675. The van der Waals surface area contributed by atoms with E-state index < -0.39 is 0 Å². The fourth-order valence-corrected chi connectivity index (χ4v) is 2.25. The number of aliphatic hydroxyl groups excluding tert-OH is 1. The summed E-state index contributed by atoms with van der Waals surface area (Å²) in [6, 6.07) is 0.0809. The fourth-order valence-electron chi connectivity index (χ4n) is 2.25. The Bertz CT molecular complexity index is 390. The lowest BCUT2D eigenvalue weighted by Crippen LogP contribution is -2.44. The number of nitrogens with zero attached hydrogens (tertiary/aromatic N) is 3. The van der Waals surface area contributed by atoms with E-state index in [1.165, 1.54) is 0 Å². The lowest BCUT2D eigenvalue weighted by atomic mass is 9.99. The molecule has 1 atom stereocenters. The van der Waals surface area contributed by atoms with Gasteiger partial charge in [-0.15, -0.1) is 10.2 Å². The van der Waals surface area contributed by atoms with Gasteiger partial charge in [-0.3, -0.25) is 4.79 Å². The number of likely N-dealkylation sites (tertiary alicyclic amines) is 1. The molecule has 94 valence electrons. The van der Waals surface area contributed by atoms with Gasteiger partial charge in [-0.25, -0.2) is 0 Å². The van der Waals surface area contributed by atoms with E-state index in [1.54, 1.807) is 4.90 Å². The molecule has 0 spiro atoms. The normalized spacial score (nSPS) is 20.5. The first-order chi connectivity index (χ1) is 8.24. The van der Waals surface area contributed by atoms with Crippen molar-refractivity contribution in [1.29, 1.82) is 0 Å². The number of amides is 1. The maximum Gasteiger partial charge on any atom is 0.278 e. The third-order valence-corrected chi connectivity index (χ3v) is 3.13. The summed E-state index contributed by atoms with van der Waals surface area (Å²) in [5.41, 5.74) is 5.74. The predicted molar refractivity (Wildman–Crippen MR) is 61.2 cm³/mol. The molecule has 1 aliphatic heterocycles. The van der Waals surface area contributed by atoms with Crippen molar-refractivity contribution in [3.8, 4) is 0 Å². The maximum absolute atomic E-state index is 12.2. The Hall–Kier alpha value is -1.63. The van der Waals surface area contributed by atoms with Gasteiger partial charge in [-0.05, 0) is 25.7 Å². The highest BCUT2D eigenvalue weighted by molar-refractivity contribution is 5.96. The van der Waals surface area contributed by atoms with Gasteiger partial charge in [-0.1, -0.05) is 0 Å². The van der Waals surface area contributed by atoms with Crippen LogP contribution >= 0.6 is 0 Å². The molecule has 0 aromatic carbocycles. The Morgan fingerprint density at radius 1 is 1.53 bits per heavy atom. The van der Waals surface area contributed by atoms with Crippen LogP contribution in [0.3, 0.4) is 0 Å². The highest BCUT2D eigenvalue weighted by Crippen LogP contribution is 2.22. The monoisotopic (exact) mass is 239 g/mol. The van der Waals surface area contributed by atoms with Gasteiger partial charge in [0.05, 0.1) is 0 Å². The number of H-pyrrole nitrogens is 1. The molecule has 1 fully saturated rings. The van der Waals surface area contributed by atoms with Gasteiger partial charge < -0.3 is 15.7 Å². The van der Waals surface area contributed by atoms with E-state index in [2.05, 4.69) is 15.4 Å². The van der Waals surface area contributed by atoms with Crippen LogP contribution in [0.25, 0.3) is 0 Å². The zero-order chi connectivity index (χ0) is 12.3. The molecule has 0 saturated carbocycles. The van der Waals surface area contributed by atoms with E-state index in [9.17, 15) is 4.79 Å². The van der Waals surface area contributed by atoms with Crippen molar-refractivity contribution in [2.24, 2.45) is 0 Å². The summed E-state index contributed by atoms with van der Waals surface area (Å²) in [5, 5.41) is 18.8. The third kappa shape index (κ3) is 2.38. The summed E-state index contributed by atoms with van der Waals surface area (Å²) in [6.07, 6.45) is 3.59. The first-order valence-corrected chi connectivity index (χ1v) is 5.82. The SMILES string of the molecule is Nc1n[nH]nc1C(=O)N1CCCCC1CCO. The van der Waals surface area contributed by atoms with Crippen molar-refractivity contribution in [2.45, 2.75) is 31.7 Å². The molecule has 0 bridgehead atoms. The second-order valence-electron chi connectivity index (χ2n) is 4.22. The van der Waals surface area contributed by atoms with Crippen LogP contribution in [0.15, 0.2) is 0 Å². The Labute approximate surface area is 99.0 Å². The first kappa shape index (κ1) is 11.8. The molecule has 2 heterocycles. The van der Waals surface area contributed by atoms with Crippen molar-refractivity contribution < 1.29 is 9.90 Å². The molecule has 17 heavy (non-hydrogen) atoms. The number of nitrogen functional groups attached to an aromatic ring is 1. The zero-order valence-corrected chi connectivity index (χ0v) is 9.59. The minimum Gasteiger partial charge on any atom is -0.396 e. The summed E-state index contributed by atoms with van der Waals surface area (Å²) >= 11 is 0. The average Bonchev–Trinajstić information content (AvgIpc) is 2.76. The van der Waals surface area contributed by atoms with Crippen molar-refractivity contribution in [3.63, 3.8) is 0 Å². The maximum atomic E-state index is 12.2. The highest BCUT2D eigenvalue weighted by atomic mass is 16.3. The number of carbonyl (C=O) groups is 1. The fraction of sp³-hybridized carbons (Fsp3) is 0.700. The lowest BCUT2D eigenvalue weighted by Gasteiger charge is -2.35. The van der Waals surface area contributed by atoms with Crippen LogP contribution < -0.4 is 5.73 Å². The molecule has 1 amide bonds. The van der Waals surface area contributed by atoms with Crippen LogP contribution in [-0.2, 0) is 0 Å². The number of piperidine rings is 1. The number of hydrogen-bond donors (Lipinski definition) is 3. The molecule has 7 heteroatoms. The highest BCUT2D eigenvalue weighted by Gasteiger charge is 2.29. The summed E-state index contributed by atoms with van der Waals surface area (Å²) in [6.45, 7) is 0.776. The minimum atomic E-state index is -0.200. The second-order valence-corrected chi connectivity index (χ2v) is 4.22. The van der Waals surface area contributed by atoms with Gasteiger partial charge in [0.25, 0.3) is 5.91 Å². The van der Waals surface area contributed by atoms with Crippen LogP contribution in [0.4, 0.5) is 5.82 Å². The van der Waals surface area contributed by atoms with Crippen molar-refractivity contribution >= 4 is 11.7 Å². The van der Waals surface area contributed by atoms with E-state index in [-0.39, 0.29) is 30.1 Å². The topological polar surface area (TPSA) is 108 Å². The predicted octanol–water partition coefficient (Wildman–Crippen LogP) is -0.236. The molecule has 7 nitrogen and oxygen atoms in total. The molecular formula is C10H17N5O2. The number of hydrogen-bond acceptors (Lipinski definition) is 5. The van der Waals surface area contributed by atoms with Crippen LogP contribution in [0.5, 0.6) is 0 Å².